The second-order valence-corrected chi connectivity index (χ2v) is 3.91. The summed E-state index contributed by atoms with van der Waals surface area (Å²) in [6, 6.07) is 11.1. The summed E-state index contributed by atoms with van der Waals surface area (Å²) in [6.45, 7) is 4.31. The standard InChI is InChI=1S/C13H13F/c1-9(2)10-3-4-12-8-13(14)6-5-11(12)7-10/h3-9H,1-2H3/i14-1. The van der Waals surface area contributed by atoms with Gasteiger partial charge in [-0.1, -0.05) is 38.1 Å². The van der Waals surface area contributed by atoms with E-state index in [-0.39, 0.29) is 5.82 Å². The molecule has 0 fully saturated rings. The van der Waals surface area contributed by atoms with Gasteiger partial charge in [-0.3, -0.25) is 0 Å². The molecule has 0 saturated carbocycles. The van der Waals surface area contributed by atoms with Crippen LogP contribution in [0.3, 0.4) is 0 Å². The minimum Gasteiger partial charge on any atom is -0.207 e. The molecule has 0 atom stereocenters. The highest BCUT2D eigenvalue weighted by Gasteiger charge is 2.01. The van der Waals surface area contributed by atoms with Crippen LogP contribution in [0.5, 0.6) is 0 Å². The van der Waals surface area contributed by atoms with E-state index in [1.54, 1.807) is 6.07 Å². The lowest BCUT2D eigenvalue weighted by atomic mass is 9.99. The molecule has 0 unspecified atom stereocenters. The zero-order valence-electron chi connectivity index (χ0n) is 8.42. The summed E-state index contributed by atoms with van der Waals surface area (Å²) in [6.07, 6.45) is 0. The number of benzene rings is 2. The molecule has 0 aliphatic rings. The van der Waals surface area contributed by atoms with Gasteiger partial charge in [-0.05, 0) is 34.4 Å². The molecule has 14 heavy (non-hydrogen) atoms. The summed E-state index contributed by atoms with van der Waals surface area (Å²) in [7, 11) is 0. The van der Waals surface area contributed by atoms with Crippen molar-refractivity contribution in [3.05, 3.63) is 47.8 Å². The monoisotopic (exact) mass is 187 g/mol. The molecule has 0 heterocycles. The molecular formula is C13H13F. The molecule has 0 aromatic heterocycles. The van der Waals surface area contributed by atoms with Crippen molar-refractivity contribution < 1.29 is 4.39 Å². The van der Waals surface area contributed by atoms with E-state index in [0.29, 0.717) is 5.92 Å². The molecule has 2 aromatic carbocycles. The highest BCUT2D eigenvalue weighted by atomic mass is 18.2. The largest absolute Gasteiger partial charge is 0.207 e. The van der Waals surface area contributed by atoms with E-state index in [2.05, 4.69) is 26.0 Å². The van der Waals surface area contributed by atoms with Crippen molar-refractivity contribution >= 4 is 10.8 Å². The summed E-state index contributed by atoms with van der Waals surface area (Å²) in [4.78, 5) is 0. The fourth-order valence-electron chi connectivity index (χ4n) is 1.59. The summed E-state index contributed by atoms with van der Waals surface area (Å²) in [5.41, 5.74) is 1.30. The van der Waals surface area contributed by atoms with Crippen LogP contribution >= 0.6 is 0 Å². The lowest BCUT2D eigenvalue weighted by molar-refractivity contribution is 0.630. The summed E-state index contributed by atoms with van der Waals surface area (Å²) in [5.74, 6) is 0.347. The third-order valence-corrected chi connectivity index (χ3v) is 2.49. The van der Waals surface area contributed by atoms with Crippen LogP contribution in [0.4, 0.5) is 4.39 Å². The molecule has 0 spiro atoms. The number of hydrogen-bond donors (Lipinski definition) is 0. The SMILES string of the molecule is CC(C)c1ccc2cc([18F])ccc2c1. The maximum atomic E-state index is 12.9. The number of halogens is 1. The molecule has 72 valence electrons. The van der Waals surface area contributed by atoms with Gasteiger partial charge in [0.1, 0.15) is 5.82 Å². The van der Waals surface area contributed by atoms with Crippen molar-refractivity contribution in [2.45, 2.75) is 19.8 Å². The Kier molecular flexibility index (Phi) is 2.24. The van der Waals surface area contributed by atoms with Gasteiger partial charge in [0.15, 0.2) is 0 Å². The number of fused-ring (bicyclic) bond motifs is 1. The van der Waals surface area contributed by atoms with E-state index < -0.39 is 0 Å². The van der Waals surface area contributed by atoms with Gasteiger partial charge in [-0.15, -0.1) is 0 Å². The topological polar surface area (TPSA) is 0 Å². The second-order valence-electron chi connectivity index (χ2n) is 3.91. The molecule has 0 aliphatic heterocycles. The Morgan fingerprint density at radius 1 is 0.929 bits per heavy atom. The molecule has 0 saturated heterocycles. The van der Waals surface area contributed by atoms with Crippen molar-refractivity contribution in [2.24, 2.45) is 0 Å². The van der Waals surface area contributed by atoms with E-state index in [9.17, 15) is 4.39 Å². The van der Waals surface area contributed by atoms with E-state index >= 15 is 0 Å². The fraction of sp³-hybridized carbons (Fsp3) is 0.231. The first-order valence-corrected chi connectivity index (χ1v) is 4.86. The molecule has 0 amide bonds. The average molecular weight is 187 g/mol. The number of rotatable bonds is 1. The fourth-order valence-corrected chi connectivity index (χ4v) is 1.59. The van der Waals surface area contributed by atoms with E-state index in [1.807, 2.05) is 12.1 Å². The minimum atomic E-state index is -0.171. The smallest absolute Gasteiger partial charge is 0.123 e. The zero-order chi connectivity index (χ0) is 10.1. The first-order chi connectivity index (χ1) is 6.66. The molecule has 2 rings (SSSR count). The van der Waals surface area contributed by atoms with Crippen molar-refractivity contribution in [1.82, 2.24) is 0 Å². The van der Waals surface area contributed by atoms with Gasteiger partial charge in [-0.2, -0.15) is 0 Å². The van der Waals surface area contributed by atoms with Crippen molar-refractivity contribution in [3.63, 3.8) is 0 Å². The van der Waals surface area contributed by atoms with Gasteiger partial charge in [0.2, 0.25) is 0 Å². The Morgan fingerprint density at radius 2 is 1.57 bits per heavy atom. The Balaban J connectivity index is 2.62. The van der Waals surface area contributed by atoms with Crippen LogP contribution in [0.2, 0.25) is 0 Å². The van der Waals surface area contributed by atoms with E-state index in [0.717, 1.165) is 10.8 Å². The van der Waals surface area contributed by atoms with Crippen molar-refractivity contribution in [1.29, 1.82) is 0 Å². The molecule has 0 radical (unpaired) electrons. The number of hydrogen-bond acceptors (Lipinski definition) is 0. The van der Waals surface area contributed by atoms with Gasteiger partial charge in [0, 0.05) is 0 Å². The average Bonchev–Trinajstić information content (AvgIpc) is 2.16. The predicted octanol–water partition coefficient (Wildman–Crippen LogP) is 4.10. The van der Waals surface area contributed by atoms with Crippen LogP contribution < -0.4 is 0 Å². The molecule has 0 nitrogen and oxygen atoms in total. The summed E-state index contributed by atoms with van der Waals surface area (Å²) < 4.78 is 12.9. The van der Waals surface area contributed by atoms with Gasteiger partial charge >= 0.3 is 0 Å². The van der Waals surface area contributed by atoms with Crippen LogP contribution in [-0.4, -0.2) is 0 Å². The quantitative estimate of drug-likeness (QED) is 0.630. The van der Waals surface area contributed by atoms with Crippen LogP contribution in [0.25, 0.3) is 10.8 Å². The lowest BCUT2D eigenvalue weighted by Crippen LogP contribution is -1.86. The van der Waals surface area contributed by atoms with E-state index in [1.165, 1.54) is 11.6 Å². The normalized spacial score (nSPS) is 11.1. The van der Waals surface area contributed by atoms with Crippen LogP contribution in [0, 0.1) is 5.82 Å². The minimum absolute atomic E-state index is 0.171. The first kappa shape index (κ1) is 9.20. The van der Waals surface area contributed by atoms with Gasteiger partial charge in [0.25, 0.3) is 0 Å². The predicted molar refractivity (Wildman–Crippen MR) is 58.0 cm³/mol. The molecular weight excluding hydrogens is 174 g/mol. The molecule has 2 aromatic rings. The van der Waals surface area contributed by atoms with Crippen LogP contribution in [0.15, 0.2) is 36.4 Å². The Morgan fingerprint density at radius 3 is 2.29 bits per heavy atom. The third-order valence-electron chi connectivity index (χ3n) is 2.49. The lowest BCUT2D eigenvalue weighted by Gasteiger charge is -2.06. The maximum absolute atomic E-state index is 12.9. The highest BCUT2D eigenvalue weighted by molar-refractivity contribution is 5.83. The Bertz CT molecular complexity index is 458. The maximum Gasteiger partial charge on any atom is 0.123 e. The third kappa shape index (κ3) is 1.63. The van der Waals surface area contributed by atoms with Gasteiger partial charge < -0.3 is 0 Å². The Hall–Kier alpha value is -1.37. The van der Waals surface area contributed by atoms with Crippen LogP contribution in [-0.2, 0) is 0 Å². The van der Waals surface area contributed by atoms with Gasteiger partial charge in [-0.25, -0.2) is 4.39 Å². The highest BCUT2D eigenvalue weighted by Crippen LogP contribution is 2.21. The second kappa shape index (κ2) is 3.41. The summed E-state index contributed by atoms with van der Waals surface area (Å²) >= 11 is 0. The van der Waals surface area contributed by atoms with Crippen LogP contribution in [0.1, 0.15) is 25.3 Å². The molecule has 0 N–H and O–H groups in total. The van der Waals surface area contributed by atoms with Crippen molar-refractivity contribution in [2.75, 3.05) is 0 Å². The Labute approximate surface area is 83.4 Å². The summed E-state index contributed by atoms with van der Waals surface area (Å²) in [5, 5.41) is 2.08. The molecule has 0 bridgehead atoms. The zero-order valence-corrected chi connectivity index (χ0v) is 8.42. The molecule has 1 heteroatoms. The van der Waals surface area contributed by atoms with E-state index in [4.69, 9.17) is 0 Å². The molecule has 0 aliphatic carbocycles. The first-order valence-electron chi connectivity index (χ1n) is 4.86. The van der Waals surface area contributed by atoms with Gasteiger partial charge in [0.05, 0.1) is 0 Å². The van der Waals surface area contributed by atoms with Crippen molar-refractivity contribution in [3.8, 4) is 0 Å².